The van der Waals surface area contributed by atoms with E-state index in [4.69, 9.17) is 18.0 Å². The highest BCUT2D eigenvalue weighted by atomic mass is 32.2. The summed E-state index contributed by atoms with van der Waals surface area (Å²) in [5.41, 5.74) is 4.82. The predicted molar refractivity (Wildman–Crippen MR) is 73.7 cm³/mol. The van der Waals surface area contributed by atoms with Crippen LogP contribution in [0.1, 0.15) is 33.1 Å². The molecule has 5 heteroatoms. The smallest absolute Gasteiger partial charge is 0.232 e. The van der Waals surface area contributed by atoms with Crippen LogP contribution in [0.4, 0.5) is 0 Å². The zero-order chi connectivity index (χ0) is 12.3. The standard InChI is InChI=1S/C11H20N2OS2/c1-11(2,9(12)15)10(14)13-7-4-5-8(6-7)16-3/h7-8H,4-6H2,1-3H3,(H2,12,15)(H,13,14). The summed E-state index contributed by atoms with van der Waals surface area (Å²) in [7, 11) is 0. The number of carbonyl (C=O) groups is 1. The van der Waals surface area contributed by atoms with E-state index in [1.54, 1.807) is 13.8 Å². The molecule has 3 N–H and O–H groups in total. The monoisotopic (exact) mass is 260 g/mol. The van der Waals surface area contributed by atoms with Gasteiger partial charge in [-0.25, -0.2) is 0 Å². The predicted octanol–water partition coefficient (Wildman–Crippen LogP) is 1.70. The average molecular weight is 260 g/mol. The molecule has 16 heavy (non-hydrogen) atoms. The molecule has 3 nitrogen and oxygen atoms in total. The van der Waals surface area contributed by atoms with Crippen molar-refractivity contribution < 1.29 is 4.79 Å². The van der Waals surface area contributed by atoms with Crippen molar-refractivity contribution in [2.24, 2.45) is 11.1 Å². The van der Waals surface area contributed by atoms with Crippen molar-refractivity contribution in [1.82, 2.24) is 5.32 Å². The van der Waals surface area contributed by atoms with Crippen molar-refractivity contribution in [3.63, 3.8) is 0 Å². The largest absolute Gasteiger partial charge is 0.392 e. The number of nitrogens with two attached hydrogens (primary N) is 1. The van der Waals surface area contributed by atoms with Crippen molar-refractivity contribution >= 4 is 34.9 Å². The number of carbonyl (C=O) groups excluding carboxylic acids is 1. The molecule has 0 radical (unpaired) electrons. The Balaban J connectivity index is 2.50. The lowest BCUT2D eigenvalue weighted by atomic mass is 9.92. The maximum Gasteiger partial charge on any atom is 0.232 e. The molecule has 0 heterocycles. The van der Waals surface area contributed by atoms with Gasteiger partial charge in [-0.1, -0.05) is 12.2 Å². The zero-order valence-corrected chi connectivity index (χ0v) is 11.7. The van der Waals surface area contributed by atoms with Gasteiger partial charge in [0.25, 0.3) is 0 Å². The third-order valence-corrected chi connectivity index (χ3v) is 4.84. The van der Waals surface area contributed by atoms with Gasteiger partial charge < -0.3 is 11.1 Å². The Morgan fingerprint density at radius 1 is 1.50 bits per heavy atom. The number of thioether (sulfide) groups is 1. The van der Waals surface area contributed by atoms with Crippen molar-refractivity contribution in [1.29, 1.82) is 0 Å². The molecule has 0 aliphatic heterocycles. The summed E-state index contributed by atoms with van der Waals surface area (Å²) < 4.78 is 0. The average Bonchev–Trinajstić information content (AvgIpc) is 2.65. The van der Waals surface area contributed by atoms with E-state index in [0.29, 0.717) is 11.3 Å². The summed E-state index contributed by atoms with van der Waals surface area (Å²) in [5, 5.41) is 3.72. The fraction of sp³-hybridized carbons (Fsp3) is 0.818. The molecule has 1 saturated carbocycles. The Kier molecular flexibility index (Phi) is 4.62. The Hall–Kier alpha value is -0.290. The van der Waals surface area contributed by atoms with E-state index in [1.807, 2.05) is 11.8 Å². The molecule has 0 aromatic heterocycles. The summed E-state index contributed by atoms with van der Waals surface area (Å²) in [6.07, 6.45) is 5.42. The van der Waals surface area contributed by atoms with Crippen molar-refractivity contribution in [3.8, 4) is 0 Å². The van der Waals surface area contributed by atoms with Gasteiger partial charge in [-0.3, -0.25) is 4.79 Å². The molecule has 0 saturated heterocycles. The Morgan fingerprint density at radius 3 is 2.56 bits per heavy atom. The number of nitrogens with one attached hydrogen (secondary N) is 1. The number of rotatable bonds is 4. The van der Waals surface area contributed by atoms with Gasteiger partial charge in [0.1, 0.15) is 0 Å². The minimum absolute atomic E-state index is 0.0493. The van der Waals surface area contributed by atoms with Crippen LogP contribution in [0.3, 0.4) is 0 Å². The van der Waals surface area contributed by atoms with E-state index in [9.17, 15) is 4.79 Å². The van der Waals surface area contributed by atoms with Gasteiger partial charge in [-0.05, 0) is 39.4 Å². The van der Waals surface area contributed by atoms with Gasteiger partial charge in [0, 0.05) is 11.3 Å². The fourth-order valence-corrected chi connectivity index (χ4v) is 2.65. The first-order chi connectivity index (χ1) is 7.37. The number of hydrogen-bond acceptors (Lipinski definition) is 3. The van der Waals surface area contributed by atoms with E-state index in [0.717, 1.165) is 12.8 Å². The van der Waals surface area contributed by atoms with Crippen molar-refractivity contribution in [2.45, 2.75) is 44.4 Å². The normalized spacial score (nSPS) is 25.4. The Bertz CT molecular complexity index is 292. The maximum atomic E-state index is 12.0. The summed E-state index contributed by atoms with van der Waals surface area (Å²) >= 11 is 6.78. The molecular formula is C11H20N2OS2. The lowest BCUT2D eigenvalue weighted by Gasteiger charge is -2.24. The lowest BCUT2D eigenvalue weighted by Crippen LogP contribution is -2.47. The molecule has 92 valence electrons. The molecule has 0 spiro atoms. The van der Waals surface area contributed by atoms with Crippen LogP contribution < -0.4 is 11.1 Å². The second-order valence-electron chi connectivity index (χ2n) is 4.83. The van der Waals surface area contributed by atoms with Crippen LogP contribution in [0.25, 0.3) is 0 Å². The molecule has 1 fully saturated rings. The first kappa shape index (κ1) is 13.8. The highest BCUT2D eigenvalue weighted by Gasteiger charge is 2.34. The number of hydrogen-bond donors (Lipinski definition) is 2. The summed E-state index contributed by atoms with van der Waals surface area (Å²) in [5.74, 6) is -0.0493. The Labute approximate surface area is 107 Å². The highest BCUT2D eigenvalue weighted by Crippen LogP contribution is 2.29. The van der Waals surface area contributed by atoms with Gasteiger partial charge in [0.15, 0.2) is 0 Å². The molecule has 1 rings (SSSR count). The van der Waals surface area contributed by atoms with Crippen LogP contribution in [0.15, 0.2) is 0 Å². The van der Waals surface area contributed by atoms with Gasteiger partial charge >= 0.3 is 0 Å². The molecular weight excluding hydrogens is 240 g/mol. The Morgan fingerprint density at radius 2 is 2.12 bits per heavy atom. The summed E-state index contributed by atoms with van der Waals surface area (Å²) in [4.78, 5) is 12.2. The zero-order valence-electron chi connectivity index (χ0n) is 10.1. The van der Waals surface area contributed by atoms with Crippen LogP contribution in [0.2, 0.25) is 0 Å². The first-order valence-electron chi connectivity index (χ1n) is 5.51. The SMILES string of the molecule is CSC1CCC(NC(=O)C(C)(C)C(N)=S)C1. The van der Waals surface area contributed by atoms with Gasteiger partial charge in [-0.2, -0.15) is 11.8 Å². The second kappa shape index (κ2) is 5.36. The second-order valence-corrected chi connectivity index (χ2v) is 6.41. The van der Waals surface area contributed by atoms with Crippen LogP contribution in [-0.2, 0) is 4.79 Å². The number of thiocarbonyl (C=S) groups is 1. The molecule has 0 bridgehead atoms. The van der Waals surface area contributed by atoms with Crippen LogP contribution in [0, 0.1) is 5.41 Å². The van der Waals surface area contributed by atoms with Crippen LogP contribution >= 0.6 is 24.0 Å². The molecule has 1 aliphatic carbocycles. The molecule has 2 atom stereocenters. The third kappa shape index (κ3) is 3.10. The third-order valence-electron chi connectivity index (χ3n) is 3.24. The molecule has 0 aromatic rings. The minimum Gasteiger partial charge on any atom is -0.392 e. The minimum atomic E-state index is -0.743. The van der Waals surface area contributed by atoms with Crippen molar-refractivity contribution in [2.75, 3.05) is 6.26 Å². The molecule has 0 aromatic carbocycles. The number of amides is 1. The first-order valence-corrected chi connectivity index (χ1v) is 7.21. The fourth-order valence-electron chi connectivity index (χ4n) is 1.76. The van der Waals surface area contributed by atoms with Crippen molar-refractivity contribution in [3.05, 3.63) is 0 Å². The van der Waals surface area contributed by atoms with E-state index in [-0.39, 0.29) is 10.9 Å². The van der Waals surface area contributed by atoms with Crippen LogP contribution in [-0.4, -0.2) is 28.4 Å². The maximum absolute atomic E-state index is 12.0. The summed E-state index contributed by atoms with van der Waals surface area (Å²) in [6.45, 7) is 3.54. The van der Waals surface area contributed by atoms with Crippen LogP contribution in [0.5, 0.6) is 0 Å². The van der Waals surface area contributed by atoms with Gasteiger partial charge in [0.05, 0.1) is 10.4 Å². The van der Waals surface area contributed by atoms with E-state index < -0.39 is 5.41 Å². The topological polar surface area (TPSA) is 55.1 Å². The molecule has 1 amide bonds. The quantitative estimate of drug-likeness (QED) is 0.756. The van der Waals surface area contributed by atoms with E-state index >= 15 is 0 Å². The van der Waals surface area contributed by atoms with Gasteiger partial charge in [-0.15, -0.1) is 0 Å². The van der Waals surface area contributed by atoms with E-state index in [2.05, 4.69) is 11.6 Å². The molecule has 1 aliphatic rings. The highest BCUT2D eigenvalue weighted by molar-refractivity contribution is 7.99. The van der Waals surface area contributed by atoms with Gasteiger partial charge in [0.2, 0.25) is 5.91 Å². The lowest BCUT2D eigenvalue weighted by molar-refractivity contribution is -0.126. The molecule has 2 unspecified atom stereocenters. The van der Waals surface area contributed by atoms with E-state index in [1.165, 1.54) is 6.42 Å². The summed E-state index contributed by atoms with van der Waals surface area (Å²) in [6, 6.07) is 0.290.